The van der Waals surface area contributed by atoms with E-state index in [0.29, 0.717) is 12.0 Å². The van der Waals surface area contributed by atoms with Crippen molar-refractivity contribution in [3.63, 3.8) is 0 Å². The van der Waals surface area contributed by atoms with Gasteiger partial charge in [0.25, 0.3) is 0 Å². The lowest BCUT2D eigenvalue weighted by Gasteiger charge is -2.31. The monoisotopic (exact) mass is 258 g/mol. The first-order chi connectivity index (χ1) is 9.09. The van der Waals surface area contributed by atoms with Crippen LogP contribution in [0.3, 0.4) is 0 Å². The first-order valence-corrected chi connectivity index (χ1v) is 7.23. The number of aryl methyl sites for hydroxylation is 1. The van der Waals surface area contributed by atoms with Crippen molar-refractivity contribution in [3.8, 4) is 0 Å². The van der Waals surface area contributed by atoms with Crippen LogP contribution < -0.4 is 5.32 Å². The van der Waals surface area contributed by atoms with E-state index in [-0.39, 0.29) is 18.1 Å². The number of carbonyl (C=O) groups excluding carboxylic acids is 1. The highest BCUT2D eigenvalue weighted by atomic mass is 16.2. The number of hydrogen-bond donors (Lipinski definition) is 1. The molecule has 19 heavy (non-hydrogen) atoms. The maximum Gasteiger partial charge on any atom is 0.241 e. The van der Waals surface area contributed by atoms with E-state index >= 15 is 0 Å². The fourth-order valence-corrected chi connectivity index (χ4v) is 3.11. The van der Waals surface area contributed by atoms with Crippen molar-refractivity contribution in [1.29, 1.82) is 0 Å². The van der Waals surface area contributed by atoms with Gasteiger partial charge in [0, 0.05) is 6.04 Å². The van der Waals surface area contributed by atoms with E-state index in [1.165, 1.54) is 24.0 Å². The fourth-order valence-electron chi connectivity index (χ4n) is 3.11. The predicted octanol–water partition coefficient (Wildman–Crippen LogP) is 2.61. The van der Waals surface area contributed by atoms with Gasteiger partial charge in [-0.05, 0) is 50.7 Å². The van der Waals surface area contributed by atoms with Gasteiger partial charge in [-0.3, -0.25) is 10.1 Å². The number of carbonyl (C=O) groups is 1. The topological polar surface area (TPSA) is 32.3 Å². The highest BCUT2D eigenvalue weighted by molar-refractivity contribution is 5.84. The van der Waals surface area contributed by atoms with E-state index in [1.807, 2.05) is 13.0 Å². The van der Waals surface area contributed by atoms with Crippen molar-refractivity contribution in [3.05, 3.63) is 35.4 Å². The van der Waals surface area contributed by atoms with Gasteiger partial charge in [0.05, 0.1) is 6.04 Å². The van der Waals surface area contributed by atoms with Crippen molar-refractivity contribution in [2.45, 2.75) is 51.9 Å². The van der Waals surface area contributed by atoms with Crippen LogP contribution in [0.2, 0.25) is 0 Å². The van der Waals surface area contributed by atoms with E-state index in [9.17, 15) is 4.79 Å². The molecule has 1 aromatic carbocycles. The number of hydrogen-bond acceptors (Lipinski definition) is 2. The van der Waals surface area contributed by atoms with Crippen LogP contribution in [0.25, 0.3) is 0 Å². The summed E-state index contributed by atoms with van der Waals surface area (Å²) in [5.41, 5.74) is 2.47. The molecule has 0 radical (unpaired) electrons. The Labute approximate surface area is 115 Å². The Morgan fingerprint density at radius 3 is 2.63 bits per heavy atom. The standard InChI is InChI=1S/C16H22N2O/c1-10-6-4-5-7-14(10)15-17-11(2)16(19)18(15)12(3)13-8-9-13/h4-7,11-13,15,17H,8-9H2,1-3H3. The zero-order valence-electron chi connectivity index (χ0n) is 11.9. The van der Waals surface area contributed by atoms with Gasteiger partial charge < -0.3 is 4.90 Å². The first-order valence-electron chi connectivity index (χ1n) is 7.23. The molecule has 3 rings (SSSR count). The number of amides is 1. The smallest absolute Gasteiger partial charge is 0.241 e. The van der Waals surface area contributed by atoms with E-state index in [4.69, 9.17) is 0 Å². The number of nitrogens with one attached hydrogen (secondary N) is 1. The zero-order chi connectivity index (χ0) is 13.6. The minimum absolute atomic E-state index is 0.0410. The molecule has 2 fully saturated rings. The zero-order valence-corrected chi connectivity index (χ0v) is 11.9. The fraction of sp³-hybridized carbons (Fsp3) is 0.562. The SMILES string of the molecule is Cc1ccccc1C1NC(C)C(=O)N1C(C)C1CC1. The summed E-state index contributed by atoms with van der Waals surface area (Å²) in [6.07, 6.45) is 2.57. The molecule has 0 spiro atoms. The summed E-state index contributed by atoms with van der Waals surface area (Å²) in [6, 6.07) is 8.61. The number of rotatable bonds is 3. The second-order valence-electron chi connectivity index (χ2n) is 5.97. The minimum atomic E-state index is -0.0780. The average Bonchev–Trinajstić information content (AvgIpc) is 3.18. The molecule has 3 unspecified atom stereocenters. The van der Waals surface area contributed by atoms with Crippen LogP contribution in [0.4, 0.5) is 0 Å². The highest BCUT2D eigenvalue weighted by Gasteiger charge is 2.44. The van der Waals surface area contributed by atoms with E-state index in [0.717, 1.165) is 0 Å². The van der Waals surface area contributed by atoms with Crippen LogP contribution in [-0.2, 0) is 4.79 Å². The third-order valence-corrected chi connectivity index (χ3v) is 4.54. The third-order valence-electron chi connectivity index (χ3n) is 4.54. The van der Waals surface area contributed by atoms with Gasteiger partial charge in [-0.2, -0.15) is 0 Å². The molecule has 1 amide bonds. The quantitative estimate of drug-likeness (QED) is 0.904. The molecule has 1 saturated carbocycles. The Kier molecular flexibility index (Phi) is 3.09. The number of benzene rings is 1. The lowest BCUT2D eigenvalue weighted by Crippen LogP contribution is -2.39. The Balaban J connectivity index is 1.94. The van der Waals surface area contributed by atoms with Crippen molar-refractivity contribution in [1.82, 2.24) is 10.2 Å². The van der Waals surface area contributed by atoms with Gasteiger partial charge >= 0.3 is 0 Å². The molecule has 1 aliphatic heterocycles. The molecule has 1 N–H and O–H groups in total. The third kappa shape index (κ3) is 2.16. The van der Waals surface area contributed by atoms with E-state index in [1.54, 1.807) is 0 Å². The second-order valence-corrected chi connectivity index (χ2v) is 5.97. The highest BCUT2D eigenvalue weighted by Crippen LogP contribution is 2.40. The van der Waals surface area contributed by atoms with Gasteiger partial charge in [-0.15, -0.1) is 0 Å². The summed E-state index contributed by atoms with van der Waals surface area (Å²) in [5, 5.41) is 3.45. The molecule has 1 saturated heterocycles. The lowest BCUT2D eigenvalue weighted by atomic mass is 10.0. The molecule has 0 aromatic heterocycles. The summed E-state index contributed by atoms with van der Waals surface area (Å²) in [4.78, 5) is 14.5. The van der Waals surface area contributed by atoms with Crippen LogP contribution >= 0.6 is 0 Å². The lowest BCUT2D eigenvalue weighted by molar-refractivity contribution is -0.132. The van der Waals surface area contributed by atoms with Crippen molar-refractivity contribution >= 4 is 5.91 Å². The van der Waals surface area contributed by atoms with Gasteiger partial charge in [-0.1, -0.05) is 24.3 Å². The molecule has 3 atom stereocenters. The predicted molar refractivity (Wildman–Crippen MR) is 75.5 cm³/mol. The molecular formula is C16H22N2O. The largest absolute Gasteiger partial charge is 0.319 e. The molecule has 1 heterocycles. The second kappa shape index (κ2) is 4.64. The summed E-state index contributed by atoms with van der Waals surface area (Å²) in [5.74, 6) is 0.940. The van der Waals surface area contributed by atoms with Gasteiger partial charge in [0.1, 0.15) is 6.17 Å². The van der Waals surface area contributed by atoms with Crippen LogP contribution in [-0.4, -0.2) is 22.9 Å². The minimum Gasteiger partial charge on any atom is -0.319 e. The molecule has 1 aromatic rings. The molecular weight excluding hydrogens is 236 g/mol. The average molecular weight is 258 g/mol. The molecule has 3 heteroatoms. The Bertz CT molecular complexity index is 495. The Morgan fingerprint density at radius 1 is 1.32 bits per heavy atom. The molecule has 3 nitrogen and oxygen atoms in total. The van der Waals surface area contributed by atoms with Gasteiger partial charge in [0.2, 0.25) is 5.91 Å². The number of nitrogens with zero attached hydrogens (tertiary/aromatic N) is 1. The van der Waals surface area contributed by atoms with Crippen molar-refractivity contribution < 1.29 is 4.79 Å². The summed E-state index contributed by atoms with van der Waals surface area (Å²) >= 11 is 0. The van der Waals surface area contributed by atoms with Crippen LogP contribution in [0.15, 0.2) is 24.3 Å². The van der Waals surface area contributed by atoms with Gasteiger partial charge in [-0.25, -0.2) is 0 Å². The Morgan fingerprint density at radius 2 is 2.00 bits per heavy atom. The molecule has 1 aliphatic carbocycles. The maximum atomic E-state index is 12.4. The van der Waals surface area contributed by atoms with Crippen LogP contribution in [0.1, 0.15) is 44.0 Å². The van der Waals surface area contributed by atoms with Gasteiger partial charge in [0.15, 0.2) is 0 Å². The van der Waals surface area contributed by atoms with Crippen molar-refractivity contribution in [2.24, 2.45) is 5.92 Å². The van der Waals surface area contributed by atoms with Crippen LogP contribution in [0.5, 0.6) is 0 Å². The van der Waals surface area contributed by atoms with Crippen LogP contribution in [0, 0.1) is 12.8 Å². The molecule has 102 valence electrons. The Hall–Kier alpha value is -1.35. The molecule has 2 aliphatic rings. The summed E-state index contributed by atoms with van der Waals surface area (Å²) in [6.45, 7) is 6.28. The summed E-state index contributed by atoms with van der Waals surface area (Å²) in [7, 11) is 0. The molecule has 0 bridgehead atoms. The normalized spacial score (nSPS) is 28.8. The maximum absolute atomic E-state index is 12.4. The summed E-state index contributed by atoms with van der Waals surface area (Å²) < 4.78 is 0. The first kappa shape index (κ1) is 12.7. The van der Waals surface area contributed by atoms with E-state index < -0.39 is 0 Å². The van der Waals surface area contributed by atoms with Crippen molar-refractivity contribution in [2.75, 3.05) is 0 Å². The van der Waals surface area contributed by atoms with E-state index in [2.05, 4.69) is 42.3 Å².